The molecule has 1 aliphatic rings. The molecule has 1 saturated carbocycles. The molecule has 1 aliphatic carbocycles. The van der Waals surface area contributed by atoms with E-state index >= 15 is 0 Å². The second kappa shape index (κ2) is 6.13. The Morgan fingerprint density at radius 3 is 2.30 bits per heavy atom. The molecule has 0 amide bonds. The van der Waals surface area contributed by atoms with E-state index < -0.39 is 0 Å². The van der Waals surface area contributed by atoms with Gasteiger partial charge in [0, 0.05) is 17.5 Å². The molecule has 1 atom stereocenters. The van der Waals surface area contributed by atoms with Crippen LogP contribution in [0.2, 0.25) is 5.02 Å². The fraction of sp³-hybridized carbons (Fsp3) is 0.625. The zero-order valence-corrected chi connectivity index (χ0v) is 13.2. The zero-order chi connectivity index (χ0) is 14.8. The number of halogens is 1. The van der Waals surface area contributed by atoms with Gasteiger partial charge in [0.1, 0.15) is 0 Å². The zero-order valence-electron chi connectivity index (χ0n) is 12.5. The van der Waals surface area contributed by atoms with Crippen molar-refractivity contribution in [3.8, 4) is 0 Å². The molecule has 0 bridgehead atoms. The van der Waals surface area contributed by atoms with Crippen LogP contribution in [-0.4, -0.2) is 18.1 Å². The molecule has 20 heavy (non-hydrogen) atoms. The first-order valence-corrected chi connectivity index (χ1v) is 7.69. The van der Waals surface area contributed by atoms with Gasteiger partial charge in [-0.1, -0.05) is 44.0 Å². The van der Waals surface area contributed by atoms with E-state index in [0.29, 0.717) is 5.92 Å². The number of rotatable bonds is 6. The van der Waals surface area contributed by atoms with Crippen LogP contribution in [-0.2, 0) is 5.41 Å². The van der Waals surface area contributed by atoms with Crippen molar-refractivity contribution in [1.82, 2.24) is 5.01 Å². The van der Waals surface area contributed by atoms with Gasteiger partial charge in [0.05, 0.1) is 11.3 Å². The van der Waals surface area contributed by atoms with Crippen molar-refractivity contribution >= 4 is 11.6 Å². The molecule has 0 radical (unpaired) electrons. The maximum Gasteiger partial charge on any atom is 0.0598 e. The number of benzene rings is 1. The van der Waals surface area contributed by atoms with E-state index in [2.05, 4.69) is 31.3 Å². The minimum atomic E-state index is 0.0531. The molecular weight excluding hydrogens is 272 g/mol. The molecule has 0 saturated heterocycles. The summed E-state index contributed by atoms with van der Waals surface area (Å²) in [4.78, 5) is 11.1. The second-order valence-electron chi connectivity index (χ2n) is 6.32. The molecule has 0 aliphatic heterocycles. The van der Waals surface area contributed by atoms with E-state index in [9.17, 15) is 4.91 Å². The number of nitrogens with zero attached hydrogens (tertiary/aromatic N) is 2. The predicted octanol–water partition coefficient (Wildman–Crippen LogP) is 4.79. The summed E-state index contributed by atoms with van der Waals surface area (Å²) < 4.78 is 0. The average molecular weight is 295 g/mol. The number of likely N-dealkylation sites (N-methyl/N-ethyl adjacent to an activating group) is 1. The molecule has 4 heteroatoms. The second-order valence-corrected chi connectivity index (χ2v) is 6.75. The minimum absolute atomic E-state index is 0.0531. The summed E-state index contributed by atoms with van der Waals surface area (Å²) in [7, 11) is 1.80. The van der Waals surface area contributed by atoms with Crippen molar-refractivity contribution in [3.05, 3.63) is 39.8 Å². The predicted molar refractivity (Wildman–Crippen MR) is 83.8 cm³/mol. The van der Waals surface area contributed by atoms with Gasteiger partial charge in [-0.2, -0.15) is 0 Å². The maximum absolute atomic E-state index is 11.1. The fourth-order valence-electron chi connectivity index (χ4n) is 3.39. The van der Waals surface area contributed by atoms with Gasteiger partial charge in [0.2, 0.25) is 0 Å². The van der Waals surface area contributed by atoms with Crippen molar-refractivity contribution < 1.29 is 0 Å². The summed E-state index contributed by atoms with van der Waals surface area (Å²) >= 11 is 6.00. The van der Waals surface area contributed by atoms with Gasteiger partial charge < -0.3 is 0 Å². The van der Waals surface area contributed by atoms with E-state index in [0.717, 1.165) is 24.3 Å². The Morgan fingerprint density at radius 2 is 1.90 bits per heavy atom. The molecule has 2 rings (SSSR count). The molecule has 1 fully saturated rings. The van der Waals surface area contributed by atoms with E-state index in [4.69, 9.17) is 11.6 Å². The van der Waals surface area contributed by atoms with Crippen LogP contribution in [0.5, 0.6) is 0 Å². The number of hydrogen-bond acceptors (Lipinski definition) is 2. The van der Waals surface area contributed by atoms with Crippen molar-refractivity contribution in [2.24, 2.45) is 11.2 Å². The largest absolute Gasteiger partial charge is 0.260 e. The lowest BCUT2D eigenvalue weighted by atomic mass is 9.58. The Hall–Kier alpha value is -1.09. The highest BCUT2D eigenvalue weighted by molar-refractivity contribution is 6.30. The summed E-state index contributed by atoms with van der Waals surface area (Å²) in [6.45, 7) is 4.39. The Balaban J connectivity index is 2.35. The van der Waals surface area contributed by atoms with Gasteiger partial charge in [0.25, 0.3) is 0 Å². The highest BCUT2D eigenvalue weighted by Crippen LogP contribution is 2.49. The fourth-order valence-corrected chi connectivity index (χ4v) is 3.52. The molecule has 0 aromatic heterocycles. The Kier molecular flexibility index (Phi) is 4.69. The third-order valence-corrected chi connectivity index (χ3v) is 4.83. The lowest BCUT2D eigenvalue weighted by Crippen LogP contribution is -2.52. The first kappa shape index (κ1) is 15.3. The monoisotopic (exact) mass is 294 g/mol. The summed E-state index contributed by atoms with van der Waals surface area (Å²) in [6.07, 6.45) is 4.42. The molecule has 110 valence electrons. The molecule has 0 N–H and O–H groups in total. The standard InChI is InChI=1S/C16H23ClN2O/c1-12(2)11-15(19(3)18-20)16(9-4-10-16)13-5-7-14(17)8-6-13/h5-8,12,15H,4,9-11H2,1-3H3. The normalized spacial score (nSPS) is 18.4. The van der Waals surface area contributed by atoms with Crippen LogP contribution < -0.4 is 0 Å². The van der Waals surface area contributed by atoms with E-state index in [-0.39, 0.29) is 11.5 Å². The molecule has 3 nitrogen and oxygen atoms in total. The van der Waals surface area contributed by atoms with Crippen molar-refractivity contribution in [1.29, 1.82) is 0 Å². The summed E-state index contributed by atoms with van der Waals surface area (Å²) in [5, 5.41) is 5.56. The van der Waals surface area contributed by atoms with Gasteiger partial charge in [-0.05, 0) is 42.9 Å². The highest BCUT2D eigenvalue weighted by Gasteiger charge is 2.47. The van der Waals surface area contributed by atoms with E-state index in [1.165, 1.54) is 12.0 Å². The van der Waals surface area contributed by atoms with Crippen LogP contribution in [0.4, 0.5) is 0 Å². The maximum atomic E-state index is 11.1. The van der Waals surface area contributed by atoms with Crippen molar-refractivity contribution in [3.63, 3.8) is 0 Å². The first-order chi connectivity index (χ1) is 9.49. The van der Waals surface area contributed by atoms with Crippen molar-refractivity contribution in [2.45, 2.75) is 51.0 Å². The van der Waals surface area contributed by atoms with Crippen LogP contribution in [0.3, 0.4) is 0 Å². The minimum Gasteiger partial charge on any atom is -0.260 e. The summed E-state index contributed by atoms with van der Waals surface area (Å²) in [5.74, 6) is 0.536. The number of nitroso groups, excluding NO2 is 1. The molecule has 1 aromatic rings. The van der Waals surface area contributed by atoms with E-state index in [1.54, 1.807) is 12.1 Å². The third kappa shape index (κ3) is 2.83. The SMILES string of the molecule is CC(C)CC(N(C)N=O)C1(c2ccc(Cl)cc2)CCC1. The third-order valence-electron chi connectivity index (χ3n) is 4.58. The van der Waals surface area contributed by atoms with Crippen LogP contribution in [0.1, 0.15) is 45.1 Å². The average Bonchev–Trinajstić information content (AvgIpc) is 2.37. The lowest BCUT2D eigenvalue weighted by molar-refractivity contribution is 0.0652. The molecule has 1 unspecified atom stereocenters. The topological polar surface area (TPSA) is 32.7 Å². The van der Waals surface area contributed by atoms with Gasteiger partial charge in [-0.15, -0.1) is 4.91 Å². The highest BCUT2D eigenvalue weighted by atomic mass is 35.5. The lowest BCUT2D eigenvalue weighted by Gasteiger charge is -2.50. The molecule has 0 heterocycles. The quantitative estimate of drug-likeness (QED) is 0.558. The van der Waals surface area contributed by atoms with Crippen LogP contribution in [0.15, 0.2) is 29.6 Å². The van der Waals surface area contributed by atoms with Gasteiger partial charge in [-0.3, -0.25) is 5.01 Å². The van der Waals surface area contributed by atoms with Crippen LogP contribution >= 0.6 is 11.6 Å². The van der Waals surface area contributed by atoms with Gasteiger partial charge in [-0.25, -0.2) is 0 Å². The van der Waals surface area contributed by atoms with Crippen LogP contribution in [0.25, 0.3) is 0 Å². The van der Waals surface area contributed by atoms with Crippen molar-refractivity contribution in [2.75, 3.05) is 7.05 Å². The van der Waals surface area contributed by atoms with Gasteiger partial charge >= 0.3 is 0 Å². The van der Waals surface area contributed by atoms with E-state index in [1.807, 2.05) is 12.1 Å². The summed E-state index contributed by atoms with van der Waals surface area (Å²) in [5.41, 5.74) is 1.34. The molecule has 0 spiro atoms. The van der Waals surface area contributed by atoms with Crippen LogP contribution in [0, 0.1) is 10.8 Å². The smallest absolute Gasteiger partial charge is 0.0598 e. The molecular formula is C16H23ClN2O. The summed E-state index contributed by atoms with van der Waals surface area (Å²) in [6, 6.07) is 8.26. The Bertz CT molecular complexity index is 454. The Labute approximate surface area is 126 Å². The van der Waals surface area contributed by atoms with Gasteiger partial charge in [0.15, 0.2) is 0 Å². The Morgan fingerprint density at radius 1 is 1.30 bits per heavy atom. The first-order valence-electron chi connectivity index (χ1n) is 7.32. The molecule has 1 aromatic carbocycles. The number of hydrogen-bond donors (Lipinski definition) is 0.